The van der Waals surface area contributed by atoms with E-state index < -0.39 is 0 Å². The second kappa shape index (κ2) is 7.11. The summed E-state index contributed by atoms with van der Waals surface area (Å²) in [7, 11) is 0. The molecule has 0 bridgehead atoms. The molecule has 0 nitrogen and oxygen atoms in total. The van der Waals surface area contributed by atoms with Crippen LogP contribution >= 0.6 is 0 Å². The molecule has 0 saturated heterocycles. The average Bonchev–Trinajstić information content (AvgIpc) is 1.98. The van der Waals surface area contributed by atoms with Gasteiger partial charge in [-0.25, -0.2) is 0 Å². The molecule has 0 spiro atoms. The highest BCUT2D eigenvalue weighted by molar-refractivity contribution is 4.75. The Morgan fingerprint density at radius 1 is 1.30 bits per heavy atom. The zero-order valence-electron chi connectivity index (χ0n) is 7.40. The average molecular weight is 140 g/mol. The van der Waals surface area contributed by atoms with Gasteiger partial charge in [-0.2, -0.15) is 0 Å². The van der Waals surface area contributed by atoms with Gasteiger partial charge in [0, 0.05) is 0 Å². The minimum absolute atomic E-state index is 0.782. The molecule has 60 valence electrons. The summed E-state index contributed by atoms with van der Waals surface area (Å²) in [5.74, 6) is 0.782. The number of rotatable bonds is 6. The maximum absolute atomic E-state index is 3.93. The number of hydrogen-bond donors (Lipinski definition) is 0. The van der Waals surface area contributed by atoms with Crippen molar-refractivity contribution in [3.8, 4) is 0 Å². The maximum atomic E-state index is 3.93. The monoisotopic (exact) mass is 140 g/mol. The third-order valence-corrected chi connectivity index (χ3v) is 1.82. The van der Waals surface area contributed by atoms with Gasteiger partial charge in [0.1, 0.15) is 0 Å². The minimum Gasteiger partial charge on any atom is -0.0654 e. The molecule has 0 heteroatoms. The van der Waals surface area contributed by atoms with Crippen molar-refractivity contribution in [2.24, 2.45) is 5.92 Å². The van der Waals surface area contributed by atoms with Crippen molar-refractivity contribution in [2.45, 2.75) is 46.0 Å². The van der Waals surface area contributed by atoms with Crippen LogP contribution in [0.4, 0.5) is 0 Å². The van der Waals surface area contributed by atoms with Crippen LogP contribution in [0, 0.1) is 19.3 Å². The van der Waals surface area contributed by atoms with Crippen LogP contribution in [-0.2, 0) is 0 Å². The van der Waals surface area contributed by atoms with Gasteiger partial charge in [-0.05, 0) is 12.3 Å². The lowest BCUT2D eigenvalue weighted by Crippen LogP contribution is -1.98. The van der Waals surface area contributed by atoms with Crippen molar-refractivity contribution >= 4 is 0 Å². The minimum atomic E-state index is 0.782. The van der Waals surface area contributed by atoms with Crippen molar-refractivity contribution in [3.63, 3.8) is 0 Å². The molecule has 0 aromatic heterocycles. The molecule has 0 rings (SSSR count). The molecule has 10 heavy (non-hydrogen) atoms. The summed E-state index contributed by atoms with van der Waals surface area (Å²) in [6.07, 6.45) is 8.66. The van der Waals surface area contributed by atoms with Crippen LogP contribution in [0.25, 0.3) is 0 Å². The summed E-state index contributed by atoms with van der Waals surface area (Å²) in [6, 6.07) is 0. The summed E-state index contributed by atoms with van der Waals surface area (Å²) >= 11 is 0. The van der Waals surface area contributed by atoms with E-state index in [9.17, 15) is 0 Å². The van der Waals surface area contributed by atoms with Crippen LogP contribution in [0.2, 0.25) is 0 Å². The summed E-state index contributed by atoms with van der Waals surface area (Å²) in [6.45, 7) is 8.39. The van der Waals surface area contributed by atoms with Crippen molar-refractivity contribution < 1.29 is 0 Å². The fourth-order valence-corrected chi connectivity index (χ4v) is 1.15. The van der Waals surface area contributed by atoms with Crippen molar-refractivity contribution in [1.29, 1.82) is 0 Å². The van der Waals surface area contributed by atoms with Crippen molar-refractivity contribution in [3.05, 3.63) is 13.3 Å². The normalized spacial score (nSPS) is 13.5. The summed E-state index contributed by atoms with van der Waals surface area (Å²) in [4.78, 5) is 0. The van der Waals surface area contributed by atoms with E-state index in [0.717, 1.165) is 12.3 Å². The quantitative estimate of drug-likeness (QED) is 0.528. The van der Waals surface area contributed by atoms with Crippen LogP contribution < -0.4 is 0 Å². The van der Waals surface area contributed by atoms with E-state index in [1.165, 1.54) is 25.7 Å². The van der Waals surface area contributed by atoms with Gasteiger partial charge in [-0.1, -0.05) is 52.9 Å². The molecule has 0 N–H and O–H groups in total. The standard InChI is InChI=1S/C10H20/c1-4-7-9-10(6-3)8-5-2/h9-10H,3-8H2,1-2H3. The first kappa shape index (κ1) is 10.0. The van der Waals surface area contributed by atoms with E-state index >= 15 is 0 Å². The maximum Gasteiger partial charge on any atom is -0.0355 e. The van der Waals surface area contributed by atoms with Gasteiger partial charge in [0.25, 0.3) is 0 Å². The Kier molecular flexibility index (Phi) is 7.11. The summed E-state index contributed by atoms with van der Waals surface area (Å²) in [5, 5.41) is 0. The first-order chi connectivity index (χ1) is 4.85. The predicted molar refractivity (Wildman–Crippen MR) is 47.6 cm³/mol. The van der Waals surface area contributed by atoms with Gasteiger partial charge in [0.2, 0.25) is 0 Å². The first-order valence-electron chi connectivity index (χ1n) is 4.47. The third-order valence-electron chi connectivity index (χ3n) is 1.82. The highest BCUT2D eigenvalue weighted by Crippen LogP contribution is 2.16. The molecular formula is C10H20. The molecule has 0 aliphatic carbocycles. The van der Waals surface area contributed by atoms with Gasteiger partial charge in [0.05, 0.1) is 0 Å². The number of hydrogen-bond acceptors (Lipinski definition) is 0. The Balaban J connectivity index is 3.21. The lowest BCUT2D eigenvalue weighted by atomic mass is 9.95. The van der Waals surface area contributed by atoms with Crippen LogP contribution in [0.1, 0.15) is 46.0 Å². The van der Waals surface area contributed by atoms with E-state index in [1.54, 1.807) is 0 Å². The largest absolute Gasteiger partial charge is 0.0654 e. The molecule has 2 radical (unpaired) electrons. The fourth-order valence-electron chi connectivity index (χ4n) is 1.15. The molecule has 0 amide bonds. The number of unbranched alkanes of at least 4 members (excludes halogenated alkanes) is 1. The molecule has 1 unspecified atom stereocenters. The van der Waals surface area contributed by atoms with E-state index in [-0.39, 0.29) is 0 Å². The summed E-state index contributed by atoms with van der Waals surface area (Å²) < 4.78 is 0. The van der Waals surface area contributed by atoms with Gasteiger partial charge in [-0.15, -0.1) is 0 Å². The van der Waals surface area contributed by atoms with Crippen LogP contribution in [0.15, 0.2) is 0 Å². The first-order valence-corrected chi connectivity index (χ1v) is 4.47. The van der Waals surface area contributed by atoms with Gasteiger partial charge in [-0.3, -0.25) is 0 Å². The lowest BCUT2D eigenvalue weighted by Gasteiger charge is -2.11. The molecule has 0 heterocycles. The highest BCUT2D eigenvalue weighted by atomic mass is 14.1. The molecule has 0 saturated carbocycles. The molecule has 1 atom stereocenters. The van der Waals surface area contributed by atoms with Crippen LogP contribution in [0.3, 0.4) is 0 Å². The molecule has 0 aliphatic heterocycles. The van der Waals surface area contributed by atoms with E-state index in [1.807, 2.05) is 0 Å². The topological polar surface area (TPSA) is 0 Å². The van der Waals surface area contributed by atoms with E-state index in [0.29, 0.717) is 0 Å². The van der Waals surface area contributed by atoms with Crippen molar-refractivity contribution in [1.82, 2.24) is 0 Å². The predicted octanol–water partition coefficient (Wildman–Crippen LogP) is 3.63. The SMILES string of the molecule is [CH2]CC([CH]CCC)CCC. The van der Waals surface area contributed by atoms with E-state index in [2.05, 4.69) is 27.2 Å². The zero-order chi connectivity index (χ0) is 7.82. The Morgan fingerprint density at radius 3 is 2.40 bits per heavy atom. The Morgan fingerprint density at radius 2 is 2.00 bits per heavy atom. The Labute approximate surface area is 66.0 Å². The lowest BCUT2D eigenvalue weighted by molar-refractivity contribution is 0.527. The molecular weight excluding hydrogens is 120 g/mol. The van der Waals surface area contributed by atoms with Crippen LogP contribution in [-0.4, -0.2) is 0 Å². The van der Waals surface area contributed by atoms with E-state index in [4.69, 9.17) is 0 Å². The molecule has 0 aromatic rings. The Bertz CT molecular complexity index is 57.1. The van der Waals surface area contributed by atoms with Gasteiger partial charge >= 0.3 is 0 Å². The third kappa shape index (κ3) is 4.84. The van der Waals surface area contributed by atoms with Gasteiger partial charge < -0.3 is 0 Å². The zero-order valence-corrected chi connectivity index (χ0v) is 7.40. The highest BCUT2D eigenvalue weighted by Gasteiger charge is 2.02. The van der Waals surface area contributed by atoms with Gasteiger partial charge in [0.15, 0.2) is 0 Å². The molecule has 0 aliphatic rings. The Hall–Kier alpha value is 0. The summed E-state index contributed by atoms with van der Waals surface area (Å²) in [5.41, 5.74) is 0. The smallest absolute Gasteiger partial charge is 0.0355 e. The van der Waals surface area contributed by atoms with Crippen molar-refractivity contribution in [2.75, 3.05) is 0 Å². The molecule has 0 aromatic carbocycles. The second-order valence-corrected chi connectivity index (χ2v) is 2.86. The molecule has 0 fully saturated rings. The van der Waals surface area contributed by atoms with Crippen LogP contribution in [0.5, 0.6) is 0 Å². The fraction of sp³-hybridized carbons (Fsp3) is 0.800. The second-order valence-electron chi connectivity index (χ2n) is 2.86.